The van der Waals surface area contributed by atoms with Gasteiger partial charge < -0.3 is 9.47 Å². The summed E-state index contributed by atoms with van der Waals surface area (Å²) in [6.07, 6.45) is 3.48. The maximum atomic E-state index is 13.5. The van der Waals surface area contributed by atoms with E-state index in [0.29, 0.717) is 28.7 Å². The molecule has 7 heteroatoms. The number of pyridine rings is 1. The zero-order chi connectivity index (χ0) is 19.8. The molecule has 0 saturated heterocycles. The van der Waals surface area contributed by atoms with Crippen LogP contribution in [0.1, 0.15) is 21.5 Å². The van der Waals surface area contributed by atoms with Gasteiger partial charge in [-0.05, 0) is 30.2 Å². The fourth-order valence-electron chi connectivity index (χ4n) is 3.28. The number of hydrogen-bond acceptors (Lipinski definition) is 6. The van der Waals surface area contributed by atoms with E-state index >= 15 is 0 Å². The van der Waals surface area contributed by atoms with Gasteiger partial charge in [-0.2, -0.15) is 0 Å². The number of anilines is 1. The van der Waals surface area contributed by atoms with E-state index in [1.165, 1.54) is 11.3 Å². The van der Waals surface area contributed by atoms with Crippen LogP contribution in [0.5, 0.6) is 11.5 Å². The van der Waals surface area contributed by atoms with E-state index in [-0.39, 0.29) is 12.7 Å². The van der Waals surface area contributed by atoms with Gasteiger partial charge in [-0.15, -0.1) is 0 Å². The number of carbonyl (C=O) groups excluding carboxylic acids is 1. The maximum absolute atomic E-state index is 13.5. The number of aryl methyl sites for hydroxylation is 1. The molecule has 0 bridgehead atoms. The van der Waals surface area contributed by atoms with E-state index in [1.54, 1.807) is 17.3 Å². The van der Waals surface area contributed by atoms with Crippen molar-refractivity contribution in [2.75, 3.05) is 11.7 Å². The highest BCUT2D eigenvalue weighted by Crippen LogP contribution is 2.40. The van der Waals surface area contributed by atoms with Gasteiger partial charge in [0.1, 0.15) is 0 Å². The first kappa shape index (κ1) is 17.6. The van der Waals surface area contributed by atoms with Crippen LogP contribution < -0.4 is 14.4 Å². The predicted molar refractivity (Wildman–Crippen MR) is 112 cm³/mol. The van der Waals surface area contributed by atoms with Crippen LogP contribution in [0.25, 0.3) is 10.2 Å². The maximum Gasteiger partial charge on any atom is 0.260 e. The quantitative estimate of drug-likeness (QED) is 0.499. The molecule has 3 heterocycles. The standard InChI is InChI=1S/C22H17N3O3S/c1-14-5-2-3-7-16(14)21(26)25(12-15-6-4-8-23-11-15)22-24-17-9-18-19(28-13-27-18)10-20(17)29-22/h2-11H,12-13H2,1H3. The molecule has 144 valence electrons. The van der Waals surface area contributed by atoms with Crippen molar-refractivity contribution in [3.8, 4) is 11.5 Å². The molecule has 6 nitrogen and oxygen atoms in total. The summed E-state index contributed by atoms with van der Waals surface area (Å²) < 4.78 is 11.9. The molecule has 29 heavy (non-hydrogen) atoms. The number of thiazole rings is 1. The molecule has 2 aromatic heterocycles. The first-order valence-corrected chi connectivity index (χ1v) is 9.97. The minimum atomic E-state index is -0.0916. The summed E-state index contributed by atoms with van der Waals surface area (Å²) in [6, 6.07) is 15.2. The number of amides is 1. The lowest BCUT2D eigenvalue weighted by atomic mass is 10.1. The van der Waals surface area contributed by atoms with Gasteiger partial charge in [0.2, 0.25) is 6.79 Å². The fraction of sp³-hybridized carbons (Fsp3) is 0.136. The number of carbonyl (C=O) groups is 1. The highest BCUT2D eigenvalue weighted by Gasteiger charge is 2.24. The Bertz CT molecular complexity index is 1170. The summed E-state index contributed by atoms with van der Waals surface area (Å²) in [5.74, 6) is 1.29. The third-order valence-corrected chi connectivity index (χ3v) is 5.83. The van der Waals surface area contributed by atoms with Crippen LogP contribution in [-0.2, 0) is 6.54 Å². The van der Waals surface area contributed by atoms with Crippen molar-refractivity contribution in [3.63, 3.8) is 0 Å². The topological polar surface area (TPSA) is 64.6 Å². The third-order valence-electron chi connectivity index (χ3n) is 4.79. The summed E-state index contributed by atoms with van der Waals surface area (Å²) >= 11 is 1.46. The summed E-state index contributed by atoms with van der Waals surface area (Å²) in [7, 11) is 0. The zero-order valence-electron chi connectivity index (χ0n) is 15.7. The molecule has 2 aromatic carbocycles. The second-order valence-electron chi connectivity index (χ2n) is 6.74. The van der Waals surface area contributed by atoms with Gasteiger partial charge >= 0.3 is 0 Å². The molecule has 1 amide bonds. The molecule has 1 aliphatic rings. The average molecular weight is 403 g/mol. The Kier molecular flexibility index (Phi) is 4.37. The third kappa shape index (κ3) is 3.30. The van der Waals surface area contributed by atoms with E-state index < -0.39 is 0 Å². The van der Waals surface area contributed by atoms with Gasteiger partial charge in [-0.3, -0.25) is 14.7 Å². The van der Waals surface area contributed by atoms with Crippen LogP contribution in [0.2, 0.25) is 0 Å². The van der Waals surface area contributed by atoms with E-state index in [2.05, 4.69) is 4.98 Å². The molecule has 5 rings (SSSR count). The molecule has 1 aliphatic heterocycles. The van der Waals surface area contributed by atoms with Crippen molar-refractivity contribution in [1.29, 1.82) is 0 Å². The van der Waals surface area contributed by atoms with Crippen LogP contribution in [0.4, 0.5) is 5.13 Å². The van der Waals surface area contributed by atoms with Gasteiger partial charge in [0, 0.05) is 30.1 Å². The molecule has 0 atom stereocenters. The van der Waals surface area contributed by atoms with E-state index in [0.717, 1.165) is 21.3 Å². The van der Waals surface area contributed by atoms with Crippen LogP contribution in [0.15, 0.2) is 60.9 Å². The predicted octanol–water partition coefficient (Wildman–Crippen LogP) is 4.58. The number of nitrogens with zero attached hydrogens (tertiary/aromatic N) is 3. The Morgan fingerprint density at radius 1 is 1.14 bits per heavy atom. The summed E-state index contributed by atoms with van der Waals surface area (Å²) in [5, 5.41) is 0.626. The van der Waals surface area contributed by atoms with E-state index in [4.69, 9.17) is 14.5 Å². The van der Waals surface area contributed by atoms with Crippen molar-refractivity contribution >= 4 is 32.6 Å². The van der Waals surface area contributed by atoms with Crippen molar-refractivity contribution in [3.05, 3.63) is 77.6 Å². The average Bonchev–Trinajstić information content (AvgIpc) is 3.36. The number of hydrogen-bond donors (Lipinski definition) is 0. The molecule has 0 fully saturated rings. The normalized spacial score (nSPS) is 12.3. The number of rotatable bonds is 4. The van der Waals surface area contributed by atoms with Crippen LogP contribution in [-0.4, -0.2) is 22.7 Å². The molecule has 4 aromatic rings. The SMILES string of the molecule is Cc1ccccc1C(=O)N(Cc1cccnc1)c1nc2cc3c(cc2s1)OCO3. The molecule has 0 saturated carbocycles. The van der Waals surface area contributed by atoms with Gasteiger partial charge in [0.25, 0.3) is 5.91 Å². The monoisotopic (exact) mass is 403 g/mol. The lowest BCUT2D eigenvalue weighted by molar-refractivity contribution is 0.0984. The van der Waals surface area contributed by atoms with Gasteiger partial charge in [-0.1, -0.05) is 35.6 Å². The Balaban J connectivity index is 1.59. The molecule has 0 unspecified atom stereocenters. The van der Waals surface area contributed by atoms with E-state index in [1.807, 2.05) is 55.5 Å². The molecule has 0 radical (unpaired) electrons. The smallest absolute Gasteiger partial charge is 0.260 e. The summed E-state index contributed by atoms with van der Waals surface area (Å²) in [6.45, 7) is 2.54. The first-order chi connectivity index (χ1) is 14.2. The van der Waals surface area contributed by atoms with Crippen molar-refractivity contribution < 1.29 is 14.3 Å². The number of benzene rings is 2. The highest BCUT2D eigenvalue weighted by molar-refractivity contribution is 7.22. The number of ether oxygens (including phenoxy) is 2. The van der Waals surface area contributed by atoms with Gasteiger partial charge in [0.15, 0.2) is 16.6 Å². The molecule has 0 N–H and O–H groups in total. The minimum Gasteiger partial charge on any atom is -0.454 e. The lowest BCUT2D eigenvalue weighted by Gasteiger charge is -2.21. The fourth-order valence-corrected chi connectivity index (χ4v) is 4.25. The molecular formula is C22H17N3O3S. The number of aromatic nitrogens is 2. The van der Waals surface area contributed by atoms with Gasteiger partial charge in [0.05, 0.1) is 16.8 Å². The van der Waals surface area contributed by atoms with Crippen molar-refractivity contribution in [2.24, 2.45) is 0 Å². The van der Waals surface area contributed by atoms with Crippen LogP contribution >= 0.6 is 11.3 Å². The highest BCUT2D eigenvalue weighted by atomic mass is 32.1. The van der Waals surface area contributed by atoms with Crippen LogP contribution in [0.3, 0.4) is 0 Å². The van der Waals surface area contributed by atoms with Crippen molar-refractivity contribution in [2.45, 2.75) is 13.5 Å². The van der Waals surface area contributed by atoms with E-state index in [9.17, 15) is 4.79 Å². The molecule has 0 aliphatic carbocycles. The Hall–Kier alpha value is -3.45. The number of fused-ring (bicyclic) bond motifs is 2. The van der Waals surface area contributed by atoms with Crippen LogP contribution in [0, 0.1) is 6.92 Å². The first-order valence-electron chi connectivity index (χ1n) is 9.15. The Morgan fingerprint density at radius 3 is 2.76 bits per heavy atom. The summed E-state index contributed by atoms with van der Waals surface area (Å²) in [4.78, 5) is 24.1. The Morgan fingerprint density at radius 2 is 1.97 bits per heavy atom. The Labute approximate surface area is 171 Å². The largest absolute Gasteiger partial charge is 0.454 e. The molecule has 0 spiro atoms. The second kappa shape index (κ2) is 7.18. The van der Waals surface area contributed by atoms with Gasteiger partial charge in [-0.25, -0.2) is 4.98 Å². The van der Waals surface area contributed by atoms with Crippen molar-refractivity contribution in [1.82, 2.24) is 9.97 Å². The lowest BCUT2D eigenvalue weighted by Crippen LogP contribution is -2.30. The zero-order valence-corrected chi connectivity index (χ0v) is 16.5. The minimum absolute atomic E-state index is 0.0916. The summed E-state index contributed by atoms with van der Waals surface area (Å²) in [5.41, 5.74) is 3.30. The molecular weight excluding hydrogens is 386 g/mol. The second-order valence-corrected chi connectivity index (χ2v) is 7.75.